The fourth-order valence-corrected chi connectivity index (χ4v) is 1.97. The van der Waals surface area contributed by atoms with Gasteiger partial charge in [-0.3, -0.25) is 15.0 Å². The molecule has 0 bridgehead atoms. The highest BCUT2D eigenvalue weighted by molar-refractivity contribution is 5.83. The van der Waals surface area contributed by atoms with Crippen molar-refractivity contribution in [2.24, 2.45) is 5.73 Å². The maximum absolute atomic E-state index is 11.7. The lowest BCUT2D eigenvalue weighted by atomic mass is 10.1. The van der Waals surface area contributed by atoms with Gasteiger partial charge in [0.2, 0.25) is 5.91 Å². The average Bonchev–Trinajstić information content (AvgIpc) is 2.45. The quantitative estimate of drug-likeness (QED) is 0.160. The van der Waals surface area contributed by atoms with E-state index in [-0.39, 0.29) is 31.1 Å². The van der Waals surface area contributed by atoms with Crippen LogP contribution < -0.4 is 16.4 Å². The second-order valence-corrected chi connectivity index (χ2v) is 5.25. The van der Waals surface area contributed by atoms with Crippen molar-refractivity contribution in [3.8, 4) is 0 Å². The number of carboxylic acids is 2. The minimum absolute atomic E-state index is 0.127. The van der Waals surface area contributed by atoms with Crippen LogP contribution in [0.15, 0.2) is 0 Å². The highest BCUT2D eigenvalue weighted by Gasteiger charge is 2.19. The van der Waals surface area contributed by atoms with Crippen molar-refractivity contribution in [2.75, 3.05) is 6.54 Å². The smallest absolute Gasteiger partial charge is 0.326 e. The number of amides is 1. The van der Waals surface area contributed by atoms with Crippen molar-refractivity contribution in [2.45, 2.75) is 57.4 Å². The SMILES string of the molecule is N=C(N)NCCCC(NC(=O)CCCCCCC(=O)O)C(=O)O. The summed E-state index contributed by atoms with van der Waals surface area (Å²) in [4.78, 5) is 33.1. The van der Waals surface area contributed by atoms with Gasteiger partial charge in [-0.1, -0.05) is 12.8 Å². The number of carboxylic acid groups (broad SMARTS) is 2. The van der Waals surface area contributed by atoms with E-state index in [4.69, 9.17) is 21.4 Å². The Labute approximate surface area is 135 Å². The third-order valence-corrected chi connectivity index (χ3v) is 3.16. The summed E-state index contributed by atoms with van der Waals surface area (Å²) in [5.41, 5.74) is 5.11. The van der Waals surface area contributed by atoms with E-state index in [1.165, 1.54) is 0 Å². The van der Waals surface area contributed by atoms with Crippen molar-refractivity contribution in [3.63, 3.8) is 0 Å². The van der Waals surface area contributed by atoms with Gasteiger partial charge in [0.1, 0.15) is 6.04 Å². The molecule has 9 heteroatoms. The first-order valence-electron chi connectivity index (χ1n) is 7.64. The summed E-state index contributed by atoms with van der Waals surface area (Å²) < 4.78 is 0. The first kappa shape index (κ1) is 20.7. The summed E-state index contributed by atoms with van der Waals surface area (Å²) in [7, 11) is 0. The van der Waals surface area contributed by atoms with Crippen LogP contribution in [0.3, 0.4) is 0 Å². The summed E-state index contributed by atoms with van der Waals surface area (Å²) in [6.07, 6.45) is 3.72. The van der Waals surface area contributed by atoms with Gasteiger partial charge in [0.15, 0.2) is 5.96 Å². The molecule has 0 aliphatic rings. The summed E-state index contributed by atoms with van der Waals surface area (Å²) in [6, 6.07) is -0.955. The Kier molecular flexibility index (Phi) is 11.0. The Balaban J connectivity index is 3.85. The van der Waals surface area contributed by atoms with Gasteiger partial charge in [0.05, 0.1) is 0 Å². The lowest BCUT2D eigenvalue weighted by Crippen LogP contribution is -2.41. The molecule has 0 aromatic carbocycles. The number of carbonyl (C=O) groups is 3. The molecule has 0 heterocycles. The van der Waals surface area contributed by atoms with Crippen LogP contribution in [0.1, 0.15) is 51.4 Å². The van der Waals surface area contributed by atoms with Crippen molar-refractivity contribution >= 4 is 23.8 Å². The van der Waals surface area contributed by atoms with Gasteiger partial charge < -0.3 is 26.6 Å². The minimum Gasteiger partial charge on any atom is -0.481 e. The molecular weight excluding hydrogens is 304 g/mol. The van der Waals surface area contributed by atoms with Gasteiger partial charge in [-0.25, -0.2) is 4.79 Å². The van der Waals surface area contributed by atoms with Gasteiger partial charge in [-0.2, -0.15) is 0 Å². The number of unbranched alkanes of at least 4 members (excludes halogenated alkanes) is 3. The van der Waals surface area contributed by atoms with Crippen LogP contribution in [0.4, 0.5) is 0 Å². The Morgan fingerprint density at radius 2 is 1.61 bits per heavy atom. The first-order valence-corrected chi connectivity index (χ1v) is 7.64. The van der Waals surface area contributed by atoms with Crippen molar-refractivity contribution < 1.29 is 24.6 Å². The fourth-order valence-electron chi connectivity index (χ4n) is 1.97. The van der Waals surface area contributed by atoms with E-state index in [0.29, 0.717) is 25.8 Å². The molecule has 0 radical (unpaired) electrons. The molecule has 0 aromatic rings. The normalized spacial score (nSPS) is 11.5. The lowest BCUT2D eigenvalue weighted by Gasteiger charge is -2.14. The van der Waals surface area contributed by atoms with Crippen LogP contribution >= 0.6 is 0 Å². The largest absolute Gasteiger partial charge is 0.481 e. The number of hydrogen-bond donors (Lipinski definition) is 6. The number of carbonyl (C=O) groups excluding carboxylic acids is 1. The van der Waals surface area contributed by atoms with Gasteiger partial charge in [-0.05, 0) is 25.7 Å². The summed E-state index contributed by atoms with van der Waals surface area (Å²) in [5, 5.41) is 29.6. The Morgan fingerprint density at radius 3 is 2.13 bits per heavy atom. The van der Waals surface area contributed by atoms with Crippen LogP contribution in [0, 0.1) is 5.41 Å². The van der Waals surface area contributed by atoms with Crippen molar-refractivity contribution in [1.82, 2.24) is 10.6 Å². The van der Waals surface area contributed by atoms with E-state index in [0.717, 1.165) is 12.8 Å². The van der Waals surface area contributed by atoms with Crippen LogP contribution in [0.5, 0.6) is 0 Å². The average molecular weight is 330 g/mol. The molecule has 0 fully saturated rings. The zero-order valence-corrected chi connectivity index (χ0v) is 13.1. The first-order chi connectivity index (χ1) is 10.8. The number of nitrogens with one attached hydrogen (secondary N) is 3. The van der Waals surface area contributed by atoms with Gasteiger partial charge in [0.25, 0.3) is 0 Å². The van der Waals surface area contributed by atoms with Gasteiger partial charge in [-0.15, -0.1) is 0 Å². The lowest BCUT2D eigenvalue weighted by molar-refractivity contribution is -0.142. The molecule has 7 N–H and O–H groups in total. The second kappa shape index (κ2) is 12.2. The molecule has 23 heavy (non-hydrogen) atoms. The fraction of sp³-hybridized carbons (Fsp3) is 0.714. The minimum atomic E-state index is -1.09. The topological polar surface area (TPSA) is 166 Å². The number of aliphatic carboxylic acids is 2. The van der Waals surface area contributed by atoms with E-state index in [9.17, 15) is 14.4 Å². The Bertz CT molecular complexity index is 414. The molecule has 0 saturated carbocycles. The van der Waals surface area contributed by atoms with E-state index in [2.05, 4.69) is 10.6 Å². The maximum Gasteiger partial charge on any atom is 0.326 e. The van der Waals surface area contributed by atoms with E-state index >= 15 is 0 Å². The van der Waals surface area contributed by atoms with Crippen LogP contribution in [0.25, 0.3) is 0 Å². The zero-order valence-electron chi connectivity index (χ0n) is 13.1. The highest BCUT2D eigenvalue weighted by atomic mass is 16.4. The molecular formula is C14H26N4O5. The van der Waals surface area contributed by atoms with Crippen LogP contribution in [-0.2, 0) is 14.4 Å². The molecule has 0 spiro atoms. The van der Waals surface area contributed by atoms with E-state index in [1.807, 2.05) is 0 Å². The molecule has 132 valence electrons. The zero-order chi connectivity index (χ0) is 17.7. The van der Waals surface area contributed by atoms with E-state index in [1.54, 1.807) is 0 Å². The Morgan fingerprint density at radius 1 is 1.00 bits per heavy atom. The molecule has 0 rings (SSSR count). The molecule has 0 aliphatic heterocycles. The standard InChI is InChI=1S/C14H26N4O5/c15-14(16)17-9-5-6-10(13(22)23)18-11(19)7-3-1-2-4-8-12(20)21/h10H,1-9H2,(H,18,19)(H,20,21)(H,22,23)(H4,15,16,17). The van der Waals surface area contributed by atoms with E-state index < -0.39 is 18.0 Å². The van der Waals surface area contributed by atoms with Crippen molar-refractivity contribution in [1.29, 1.82) is 5.41 Å². The van der Waals surface area contributed by atoms with Gasteiger partial charge in [0, 0.05) is 19.4 Å². The predicted molar refractivity (Wildman–Crippen MR) is 84.1 cm³/mol. The Hall–Kier alpha value is -2.32. The van der Waals surface area contributed by atoms with Crippen molar-refractivity contribution in [3.05, 3.63) is 0 Å². The number of nitrogens with two attached hydrogens (primary N) is 1. The maximum atomic E-state index is 11.7. The molecule has 1 amide bonds. The predicted octanol–water partition coefficient (Wildman–Crippen LogP) is 0.244. The summed E-state index contributed by atoms with van der Waals surface area (Å²) >= 11 is 0. The second-order valence-electron chi connectivity index (χ2n) is 5.25. The number of guanidine groups is 1. The molecule has 1 atom stereocenters. The van der Waals surface area contributed by atoms with Crippen LogP contribution in [0.2, 0.25) is 0 Å². The molecule has 0 aromatic heterocycles. The molecule has 0 saturated heterocycles. The monoisotopic (exact) mass is 330 g/mol. The highest BCUT2D eigenvalue weighted by Crippen LogP contribution is 2.06. The number of rotatable bonds is 13. The third kappa shape index (κ3) is 13.1. The van der Waals surface area contributed by atoms with Gasteiger partial charge >= 0.3 is 11.9 Å². The summed E-state index contributed by atoms with van der Waals surface area (Å²) in [5.74, 6) is -2.42. The molecule has 9 nitrogen and oxygen atoms in total. The third-order valence-electron chi connectivity index (χ3n) is 3.16. The molecule has 0 aliphatic carbocycles. The molecule has 1 unspecified atom stereocenters. The van der Waals surface area contributed by atoms with Crippen LogP contribution in [-0.4, -0.2) is 46.6 Å². The summed E-state index contributed by atoms with van der Waals surface area (Å²) in [6.45, 7) is 0.374. The number of hydrogen-bond acceptors (Lipinski definition) is 4.